The number of thiophene rings is 1. The molecule has 2 nitrogen and oxygen atoms in total. The van der Waals surface area contributed by atoms with Gasteiger partial charge in [0, 0.05) is 4.88 Å². The van der Waals surface area contributed by atoms with E-state index < -0.39 is 0 Å². The van der Waals surface area contributed by atoms with E-state index in [0.29, 0.717) is 11.9 Å². The van der Waals surface area contributed by atoms with Crippen molar-refractivity contribution in [3.8, 4) is 0 Å². The standard InChI is InChI=1S/C17H17ClN2S/c1-11-4-2-5-13-17(11)20(16(10-18)19-13)14-6-3-7-15-12(14)8-9-21-15/h2,4-5,8-9,14H,3,6-7,10H2,1H3. The monoisotopic (exact) mass is 316 g/mol. The smallest absolute Gasteiger partial charge is 0.125 e. The third-order valence-corrected chi connectivity index (χ3v) is 5.67. The van der Waals surface area contributed by atoms with E-state index in [1.165, 1.54) is 40.8 Å². The number of aromatic nitrogens is 2. The minimum absolute atomic E-state index is 0.389. The lowest BCUT2D eigenvalue weighted by Crippen LogP contribution is -2.17. The van der Waals surface area contributed by atoms with Gasteiger partial charge in [0.25, 0.3) is 0 Å². The molecule has 4 heteroatoms. The lowest BCUT2D eigenvalue weighted by Gasteiger charge is -2.26. The Bertz CT molecular complexity index is 802. The quantitative estimate of drug-likeness (QED) is 0.603. The van der Waals surface area contributed by atoms with Crippen LogP contribution < -0.4 is 0 Å². The van der Waals surface area contributed by atoms with Gasteiger partial charge in [0.1, 0.15) is 5.82 Å². The summed E-state index contributed by atoms with van der Waals surface area (Å²) < 4.78 is 2.39. The SMILES string of the molecule is Cc1cccc2nc(CCl)n(C3CCCc4sccc43)c12. The summed E-state index contributed by atoms with van der Waals surface area (Å²) in [4.78, 5) is 6.29. The molecule has 4 rings (SSSR count). The average molecular weight is 317 g/mol. The van der Waals surface area contributed by atoms with Crippen molar-refractivity contribution in [2.24, 2.45) is 0 Å². The maximum atomic E-state index is 6.20. The van der Waals surface area contributed by atoms with Crippen LogP contribution in [-0.2, 0) is 12.3 Å². The van der Waals surface area contributed by atoms with Crippen molar-refractivity contribution in [2.45, 2.75) is 38.1 Å². The highest BCUT2D eigenvalue weighted by Gasteiger charge is 2.26. The van der Waals surface area contributed by atoms with E-state index in [-0.39, 0.29) is 0 Å². The molecule has 1 atom stereocenters. The highest BCUT2D eigenvalue weighted by molar-refractivity contribution is 7.10. The summed E-state index contributed by atoms with van der Waals surface area (Å²) in [7, 11) is 0. The largest absolute Gasteiger partial charge is 0.319 e. The van der Waals surface area contributed by atoms with Gasteiger partial charge in [-0.1, -0.05) is 12.1 Å². The molecule has 0 N–H and O–H groups in total. The molecule has 21 heavy (non-hydrogen) atoms. The van der Waals surface area contributed by atoms with E-state index in [1.54, 1.807) is 0 Å². The zero-order valence-electron chi connectivity index (χ0n) is 12.0. The third-order valence-electron chi connectivity index (χ3n) is 4.44. The van der Waals surface area contributed by atoms with Gasteiger partial charge in [-0.3, -0.25) is 0 Å². The van der Waals surface area contributed by atoms with Gasteiger partial charge >= 0.3 is 0 Å². The molecule has 1 aromatic carbocycles. The third kappa shape index (κ3) is 2.02. The summed E-state index contributed by atoms with van der Waals surface area (Å²) in [6, 6.07) is 9.00. The van der Waals surface area contributed by atoms with Crippen molar-refractivity contribution in [1.82, 2.24) is 9.55 Å². The van der Waals surface area contributed by atoms with Crippen molar-refractivity contribution in [2.75, 3.05) is 0 Å². The van der Waals surface area contributed by atoms with E-state index in [2.05, 4.69) is 41.1 Å². The fourth-order valence-electron chi connectivity index (χ4n) is 3.53. The first-order valence-electron chi connectivity index (χ1n) is 7.38. The minimum atomic E-state index is 0.389. The van der Waals surface area contributed by atoms with Crippen LogP contribution in [-0.4, -0.2) is 9.55 Å². The molecule has 1 aliphatic carbocycles. The zero-order chi connectivity index (χ0) is 14.4. The summed E-state index contributed by atoms with van der Waals surface area (Å²) >= 11 is 8.08. The second-order valence-electron chi connectivity index (χ2n) is 5.68. The molecule has 0 radical (unpaired) electrons. The summed E-state index contributed by atoms with van der Waals surface area (Å²) in [5.41, 5.74) is 5.06. The summed E-state index contributed by atoms with van der Waals surface area (Å²) in [5.74, 6) is 1.45. The molecule has 0 saturated heterocycles. The van der Waals surface area contributed by atoms with Crippen LogP contribution in [0.4, 0.5) is 0 Å². The molecule has 1 aliphatic rings. The summed E-state index contributed by atoms with van der Waals surface area (Å²) in [6.07, 6.45) is 3.63. The molecule has 2 heterocycles. The van der Waals surface area contributed by atoms with Crippen LogP contribution >= 0.6 is 22.9 Å². The van der Waals surface area contributed by atoms with Gasteiger partial charge < -0.3 is 4.57 Å². The maximum absolute atomic E-state index is 6.20. The van der Waals surface area contributed by atoms with Crippen LogP contribution in [0.5, 0.6) is 0 Å². The topological polar surface area (TPSA) is 17.8 Å². The fraction of sp³-hybridized carbons (Fsp3) is 0.353. The Morgan fingerprint density at radius 3 is 3.14 bits per heavy atom. The van der Waals surface area contributed by atoms with Gasteiger partial charge in [0.15, 0.2) is 0 Å². The number of alkyl halides is 1. The Hall–Kier alpha value is -1.32. The highest BCUT2D eigenvalue weighted by Crippen LogP contribution is 2.39. The van der Waals surface area contributed by atoms with E-state index >= 15 is 0 Å². The second kappa shape index (κ2) is 5.15. The molecule has 108 valence electrons. The summed E-state index contributed by atoms with van der Waals surface area (Å²) in [6.45, 7) is 2.16. The number of nitrogens with zero attached hydrogens (tertiary/aromatic N) is 2. The van der Waals surface area contributed by atoms with Crippen molar-refractivity contribution in [1.29, 1.82) is 0 Å². The number of imidazole rings is 1. The number of hydrogen-bond donors (Lipinski definition) is 0. The number of halogens is 1. The molecule has 3 aromatic rings. The second-order valence-corrected chi connectivity index (χ2v) is 6.95. The zero-order valence-corrected chi connectivity index (χ0v) is 13.5. The van der Waals surface area contributed by atoms with Gasteiger partial charge in [-0.2, -0.15) is 0 Å². The van der Waals surface area contributed by atoms with Crippen molar-refractivity contribution in [3.63, 3.8) is 0 Å². The Labute approximate surface area is 133 Å². The fourth-order valence-corrected chi connectivity index (χ4v) is 4.70. The number of benzene rings is 1. The molecular formula is C17H17ClN2S. The lowest BCUT2D eigenvalue weighted by molar-refractivity contribution is 0.494. The molecule has 2 aromatic heterocycles. The number of rotatable bonds is 2. The van der Waals surface area contributed by atoms with E-state index in [9.17, 15) is 0 Å². The van der Waals surface area contributed by atoms with Crippen molar-refractivity contribution >= 4 is 34.0 Å². The Kier molecular flexibility index (Phi) is 3.27. The van der Waals surface area contributed by atoms with Crippen LogP contribution in [0.25, 0.3) is 11.0 Å². The highest BCUT2D eigenvalue weighted by atomic mass is 35.5. The molecule has 0 spiro atoms. The molecule has 0 aliphatic heterocycles. The first-order chi connectivity index (χ1) is 10.3. The van der Waals surface area contributed by atoms with Gasteiger partial charge in [0.2, 0.25) is 0 Å². The molecule has 0 fully saturated rings. The van der Waals surface area contributed by atoms with Crippen LogP contribution in [0, 0.1) is 6.92 Å². The Morgan fingerprint density at radius 1 is 1.38 bits per heavy atom. The van der Waals surface area contributed by atoms with Crippen molar-refractivity contribution < 1.29 is 0 Å². The average Bonchev–Trinajstić information content (AvgIpc) is 3.11. The molecule has 0 saturated carbocycles. The Balaban J connectivity index is 1.99. The number of para-hydroxylation sites is 1. The molecule has 1 unspecified atom stereocenters. The number of hydrogen-bond acceptors (Lipinski definition) is 2. The van der Waals surface area contributed by atoms with Gasteiger partial charge in [-0.05, 0) is 54.8 Å². The predicted molar refractivity (Wildman–Crippen MR) is 89.4 cm³/mol. The van der Waals surface area contributed by atoms with Gasteiger partial charge in [0.05, 0.1) is 23.0 Å². The number of aryl methyl sites for hydroxylation is 2. The minimum Gasteiger partial charge on any atom is -0.319 e. The Morgan fingerprint density at radius 2 is 2.29 bits per heavy atom. The van der Waals surface area contributed by atoms with Crippen LogP contribution in [0.1, 0.15) is 40.7 Å². The predicted octanol–water partition coefficient (Wildman–Crippen LogP) is 5.07. The molecule has 0 amide bonds. The summed E-state index contributed by atoms with van der Waals surface area (Å²) in [5, 5.41) is 2.22. The van der Waals surface area contributed by atoms with E-state index in [4.69, 9.17) is 16.6 Å². The maximum Gasteiger partial charge on any atom is 0.125 e. The lowest BCUT2D eigenvalue weighted by atomic mass is 9.93. The first-order valence-corrected chi connectivity index (χ1v) is 8.79. The van der Waals surface area contributed by atoms with Crippen molar-refractivity contribution in [3.05, 3.63) is 51.5 Å². The van der Waals surface area contributed by atoms with Gasteiger partial charge in [-0.25, -0.2) is 4.98 Å². The molecule has 0 bridgehead atoms. The van der Waals surface area contributed by atoms with Gasteiger partial charge in [-0.15, -0.1) is 22.9 Å². The van der Waals surface area contributed by atoms with E-state index in [1.807, 2.05) is 11.3 Å². The van der Waals surface area contributed by atoms with E-state index in [0.717, 1.165) is 11.3 Å². The molecular weight excluding hydrogens is 300 g/mol. The van der Waals surface area contributed by atoms with Crippen LogP contribution in [0.3, 0.4) is 0 Å². The first kappa shape index (κ1) is 13.4. The van der Waals surface area contributed by atoms with Crippen LogP contribution in [0.2, 0.25) is 0 Å². The number of fused-ring (bicyclic) bond motifs is 2. The normalized spacial score (nSPS) is 18.1. The van der Waals surface area contributed by atoms with Crippen LogP contribution in [0.15, 0.2) is 29.6 Å².